The summed E-state index contributed by atoms with van der Waals surface area (Å²) in [7, 11) is 0. The molecule has 1 aromatic carbocycles. The Kier molecular flexibility index (Phi) is 4.45. The van der Waals surface area contributed by atoms with Gasteiger partial charge in [0.2, 0.25) is 0 Å². The minimum atomic E-state index is -0.489. The summed E-state index contributed by atoms with van der Waals surface area (Å²) in [5.74, 6) is -0.358. The van der Waals surface area contributed by atoms with E-state index in [-0.39, 0.29) is 11.3 Å². The second-order valence-corrected chi connectivity index (χ2v) is 4.52. The number of rotatable bonds is 5. The zero-order chi connectivity index (χ0) is 14.5. The lowest BCUT2D eigenvalue weighted by Gasteiger charge is -2.07. The molecule has 0 saturated heterocycles. The van der Waals surface area contributed by atoms with Gasteiger partial charge in [-0.2, -0.15) is 0 Å². The van der Waals surface area contributed by atoms with Gasteiger partial charge in [-0.15, -0.1) is 0 Å². The van der Waals surface area contributed by atoms with Crippen LogP contribution < -0.4 is 4.74 Å². The van der Waals surface area contributed by atoms with E-state index in [2.05, 4.69) is 4.98 Å². The van der Waals surface area contributed by atoms with E-state index in [4.69, 9.17) is 4.74 Å². The molecular formula is C16H16FNO2. The van der Waals surface area contributed by atoms with Gasteiger partial charge in [-0.1, -0.05) is 19.1 Å². The van der Waals surface area contributed by atoms with E-state index < -0.39 is 5.82 Å². The van der Waals surface area contributed by atoms with Crippen LogP contribution in [-0.4, -0.2) is 17.4 Å². The Morgan fingerprint density at radius 2 is 2.15 bits per heavy atom. The van der Waals surface area contributed by atoms with Crippen molar-refractivity contribution in [2.75, 3.05) is 6.61 Å². The SMILES string of the molecule is CCCOc1cncc(C(=O)c2cccc(C)c2F)c1. The topological polar surface area (TPSA) is 39.2 Å². The quantitative estimate of drug-likeness (QED) is 0.782. The Labute approximate surface area is 117 Å². The number of carbonyl (C=O) groups excluding carboxylic acids is 1. The highest BCUT2D eigenvalue weighted by Gasteiger charge is 2.16. The minimum absolute atomic E-state index is 0.0550. The fourth-order valence-corrected chi connectivity index (χ4v) is 1.82. The summed E-state index contributed by atoms with van der Waals surface area (Å²) in [6, 6.07) is 6.36. The Hall–Kier alpha value is -2.23. The van der Waals surface area contributed by atoms with E-state index in [1.54, 1.807) is 31.3 Å². The fourth-order valence-electron chi connectivity index (χ4n) is 1.82. The molecule has 2 aromatic rings. The normalized spacial score (nSPS) is 10.3. The lowest BCUT2D eigenvalue weighted by molar-refractivity contribution is 0.103. The maximum absolute atomic E-state index is 14.0. The largest absolute Gasteiger partial charge is 0.492 e. The monoisotopic (exact) mass is 273 g/mol. The zero-order valence-corrected chi connectivity index (χ0v) is 11.5. The number of aryl methyl sites for hydroxylation is 1. The number of nitrogens with zero attached hydrogens (tertiary/aromatic N) is 1. The van der Waals surface area contributed by atoms with E-state index in [0.717, 1.165) is 6.42 Å². The van der Waals surface area contributed by atoms with Gasteiger partial charge in [0.05, 0.1) is 18.4 Å². The first-order valence-corrected chi connectivity index (χ1v) is 6.51. The Balaban J connectivity index is 2.31. The van der Waals surface area contributed by atoms with E-state index in [9.17, 15) is 9.18 Å². The molecular weight excluding hydrogens is 257 g/mol. The van der Waals surface area contributed by atoms with Gasteiger partial charge in [0.15, 0.2) is 5.78 Å². The van der Waals surface area contributed by atoms with E-state index in [1.807, 2.05) is 6.92 Å². The van der Waals surface area contributed by atoms with E-state index in [0.29, 0.717) is 23.5 Å². The molecule has 4 heteroatoms. The van der Waals surface area contributed by atoms with Gasteiger partial charge in [-0.25, -0.2) is 4.39 Å². The molecule has 1 aromatic heterocycles. The van der Waals surface area contributed by atoms with Crippen molar-refractivity contribution in [2.45, 2.75) is 20.3 Å². The molecule has 0 atom stereocenters. The number of carbonyl (C=O) groups is 1. The first-order valence-electron chi connectivity index (χ1n) is 6.51. The molecule has 0 bridgehead atoms. The highest BCUT2D eigenvalue weighted by Crippen LogP contribution is 2.19. The molecule has 1 heterocycles. The highest BCUT2D eigenvalue weighted by atomic mass is 19.1. The van der Waals surface area contributed by atoms with Crippen LogP contribution in [0.3, 0.4) is 0 Å². The molecule has 0 saturated carbocycles. The summed E-state index contributed by atoms with van der Waals surface area (Å²) >= 11 is 0. The summed E-state index contributed by atoms with van der Waals surface area (Å²) in [4.78, 5) is 16.3. The standard InChI is InChI=1S/C16H16FNO2/c1-3-7-20-13-8-12(9-18-10-13)16(19)14-6-4-5-11(2)15(14)17/h4-6,8-10H,3,7H2,1-2H3. The second-order valence-electron chi connectivity index (χ2n) is 4.52. The predicted molar refractivity (Wildman–Crippen MR) is 74.6 cm³/mol. The molecule has 0 fully saturated rings. The Morgan fingerprint density at radius 1 is 1.35 bits per heavy atom. The van der Waals surface area contributed by atoms with Crippen molar-refractivity contribution in [1.29, 1.82) is 0 Å². The van der Waals surface area contributed by atoms with Crippen LogP contribution in [0.1, 0.15) is 34.8 Å². The number of pyridine rings is 1. The first-order chi connectivity index (χ1) is 9.63. The molecule has 0 radical (unpaired) electrons. The molecule has 0 aliphatic carbocycles. The average molecular weight is 273 g/mol. The molecule has 0 aliphatic rings. The van der Waals surface area contributed by atoms with E-state index >= 15 is 0 Å². The van der Waals surface area contributed by atoms with Crippen molar-refractivity contribution >= 4 is 5.78 Å². The number of hydrogen-bond donors (Lipinski definition) is 0. The number of aromatic nitrogens is 1. The molecule has 0 amide bonds. The summed E-state index contributed by atoms with van der Waals surface area (Å²) < 4.78 is 19.4. The van der Waals surface area contributed by atoms with Gasteiger partial charge in [-0.3, -0.25) is 9.78 Å². The van der Waals surface area contributed by atoms with Crippen LogP contribution in [0.25, 0.3) is 0 Å². The first kappa shape index (κ1) is 14.2. The molecule has 3 nitrogen and oxygen atoms in total. The lowest BCUT2D eigenvalue weighted by Crippen LogP contribution is -2.06. The maximum Gasteiger partial charge on any atom is 0.197 e. The summed E-state index contributed by atoms with van der Waals surface area (Å²) in [5.41, 5.74) is 0.824. The van der Waals surface area contributed by atoms with Crippen molar-refractivity contribution < 1.29 is 13.9 Å². The number of benzene rings is 1. The van der Waals surface area contributed by atoms with Crippen molar-refractivity contribution in [3.63, 3.8) is 0 Å². The van der Waals surface area contributed by atoms with Gasteiger partial charge in [-0.05, 0) is 31.0 Å². The van der Waals surface area contributed by atoms with Crippen LogP contribution in [0.5, 0.6) is 5.75 Å². The van der Waals surface area contributed by atoms with Crippen LogP contribution in [0, 0.1) is 12.7 Å². The third-order valence-electron chi connectivity index (χ3n) is 2.88. The number of halogens is 1. The fraction of sp³-hybridized carbons (Fsp3) is 0.250. The maximum atomic E-state index is 14.0. The number of ether oxygens (including phenoxy) is 1. The number of ketones is 1. The van der Waals surface area contributed by atoms with Crippen molar-refractivity contribution in [3.8, 4) is 5.75 Å². The van der Waals surface area contributed by atoms with Crippen molar-refractivity contribution in [3.05, 3.63) is 59.2 Å². The summed E-state index contributed by atoms with van der Waals surface area (Å²) in [5, 5.41) is 0. The number of hydrogen-bond acceptors (Lipinski definition) is 3. The summed E-state index contributed by atoms with van der Waals surface area (Å²) in [6.07, 6.45) is 3.83. The highest BCUT2D eigenvalue weighted by molar-refractivity contribution is 6.09. The van der Waals surface area contributed by atoms with Gasteiger partial charge < -0.3 is 4.74 Å². The Bertz CT molecular complexity index is 626. The molecule has 0 unspecified atom stereocenters. The molecule has 0 N–H and O–H groups in total. The average Bonchev–Trinajstić information content (AvgIpc) is 2.47. The van der Waals surface area contributed by atoms with Gasteiger partial charge in [0.25, 0.3) is 0 Å². The zero-order valence-electron chi connectivity index (χ0n) is 11.5. The van der Waals surface area contributed by atoms with Crippen molar-refractivity contribution in [2.24, 2.45) is 0 Å². The van der Waals surface area contributed by atoms with E-state index in [1.165, 1.54) is 12.3 Å². The second kappa shape index (κ2) is 6.28. The molecule has 20 heavy (non-hydrogen) atoms. The Morgan fingerprint density at radius 3 is 2.90 bits per heavy atom. The lowest BCUT2D eigenvalue weighted by atomic mass is 10.0. The summed E-state index contributed by atoms with van der Waals surface area (Å²) in [6.45, 7) is 4.17. The third-order valence-corrected chi connectivity index (χ3v) is 2.88. The minimum Gasteiger partial charge on any atom is -0.492 e. The van der Waals surface area contributed by atoms with Crippen LogP contribution in [0.15, 0.2) is 36.7 Å². The van der Waals surface area contributed by atoms with Crippen LogP contribution in [-0.2, 0) is 0 Å². The predicted octanol–water partition coefficient (Wildman–Crippen LogP) is 3.55. The molecule has 2 rings (SSSR count). The smallest absolute Gasteiger partial charge is 0.197 e. The van der Waals surface area contributed by atoms with Gasteiger partial charge in [0.1, 0.15) is 11.6 Å². The molecule has 0 spiro atoms. The van der Waals surface area contributed by atoms with Crippen LogP contribution >= 0.6 is 0 Å². The van der Waals surface area contributed by atoms with Crippen LogP contribution in [0.4, 0.5) is 4.39 Å². The van der Waals surface area contributed by atoms with Crippen molar-refractivity contribution in [1.82, 2.24) is 4.98 Å². The molecule has 0 aliphatic heterocycles. The van der Waals surface area contributed by atoms with Gasteiger partial charge in [0, 0.05) is 11.8 Å². The third kappa shape index (κ3) is 3.02. The van der Waals surface area contributed by atoms with Crippen LogP contribution in [0.2, 0.25) is 0 Å². The van der Waals surface area contributed by atoms with Gasteiger partial charge >= 0.3 is 0 Å². The molecule has 104 valence electrons.